The number of rotatable bonds is 5. The van der Waals surface area contributed by atoms with Gasteiger partial charge >= 0.3 is 0 Å². The van der Waals surface area contributed by atoms with Crippen molar-refractivity contribution in [3.63, 3.8) is 0 Å². The number of carbonyl (C=O) groups is 1. The Labute approximate surface area is 112 Å². The van der Waals surface area contributed by atoms with E-state index >= 15 is 0 Å². The summed E-state index contributed by atoms with van der Waals surface area (Å²) in [5.74, 6) is -0.203. The minimum Gasteiger partial charge on any atom is -0.342 e. The molecule has 0 saturated heterocycles. The number of benzene rings is 1. The molecule has 0 bridgehead atoms. The first-order chi connectivity index (χ1) is 8.36. The molecule has 0 N–H and O–H groups in total. The van der Waals surface area contributed by atoms with Crippen molar-refractivity contribution in [2.45, 2.75) is 24.7 Å². The van der Waals surface area contributed by atoms with Gasteiger partial charge in [-0.25, -0.2) is 8.42 Å². The summed E-state index contributed by atoms with van der Waals surface area (Å²) in [5.41, 5.74) is 0.329. The van der Waals surface area contributed by atoms with Gasteiger partial charge in [0.25, 0.3) is 15.0 Å². The Bertz CT molecular complexity index is 528. The van der Waals surface area contributed by atoms with Crippen molar-refractivity contribution in [3.8, 4) is 0 Å². The van der Waals surface area contributed by atoms with Crippen LogP contribution in [0.4, 0.5) is 0 Å². The standard InChI is InChI=1S/C12H16ClNO3S/c1-3-4-8-14(2)12(15)10-6-5-7-11(9-10)18(13,16)17/h5-7,9H,3-4,8H2,1-2H3. The Balaban J connectivity index is 2.93. The third-order valence-electron chi connectivity index (χ3n) is 2.56. The SMILES string of the molecule is CCCCN(C)C(=O)c1cccc(S(=O)(=O)Cl)c1. The second-order valence-electron chi connectivity index (χ2n) is 4.05. The van der Waals surface area contributed by atoms with Crippen LogP contribution >= 0.6 is 10.7 Å². The summed E-state index contributed by atoms with van der Waals surface area (Å²) in [6.07, 6.45) is 1.91. The predicted molar refractivity (Wildman–Crippen MR) is 71.3 cm³/mol. The lowest BCUT2D eigenvalue weighted by Crippen LogP contribution is -2.27. The van der Waals surface area contributed by atoms with Gasteiger partial charge in [-0.1, -0.05) is 19.4 Å². The molecule has 18 heavy (non-hydrogen) atoms. The topological polar surface area (TPSA) is 54.5 Å². The van der Waals surface area contributed by atoms with Crippen LogP contribution in [0.15, 0.2) is 29.2 Å². The summed E-state index contributed by atoms with van der Waals surface area (Å²) in [5, 5.41) is 0. The second-order valence-corrected chi connectivity index (χ2v) is 6.61. The summed E-state index contributed by atoms with van der Waals surface area (Å²) in [4.78, 5) is 13.5. The Morgan fingerprint density at radius 3 is 2.61 bits per heavy atom. The number of hydrogen-bond donors (Lipinski definition) is 0. The van der Waals surface area contributed by atoms with Crippen molar-refractivity contribution >= 4 is 25.6 Å². The van der Waals surface area contributed by atoms with Gasteiger partial charge in [0.2, 0.25) is 0 Å². The second kappa shape index (κ2) is 6.20. The van der Waals surface area contributed by atoms with Crippen molar-refractivity contribution in [2.24, 2.45) is 0 Å². The smallest absolute Gasteiger partial charge is 0.261 e. The molecule has 0 unspecified atom stereocenters. The van der Waals surface area contributed by atoms with Crippen LogP contribution < -0.4 is 0 Å². The summed E-state index contributed by atoms with van der Waals surface area (Å²) >= 11 is 0. The van der Waals surface area contributed by atoms with Gasteiger partial charge in [-0.3, -0.25) is 4.79 Å². The molecule has 0 saturated carbocycles. The molecule has 0 spiro atoms. The van der Waals surface area contributed by atoms with Gasteiger partial charge in [-0.15, -0.1) is 0 Å². The highest BCUT2D eigenvalue weighted by atomic mass is 35.7. The van der Waals surface area contributed by atoms with Gasteiger partial charge in [0.15, 0.2) is 0 Å². The normalized spacial score (nSPS) is 11.3. The van der Waals surface area contributed by atoms with E-state index in [0.717, 1.165) is 12.8 Å². The van der Waals surface area contributed by atoms with Gasteiger partial charge in [-0.05, 0) is 24.6 Å². The Morgan fingerprint density at radius 1 is 1.39 bits per heavy atom. The molecule has 0 aliphatic heterocycles. The minimum absolute atomic E-state index is 0.0566. The average molecular weight is 290 g/mol. The molecule has 0 aromatic heterocycles. The molecule has 1 aromatic rings. The van der Waals surface area contributed by atoms with Gasteiger partial charge < -0.3 is 4.90 Å². The maximum Gasteiger partial charge on any atom is 0.261 e. The number of unbranched alkanes of at least 4 members (excludes halogenated alkanes) is 1. The number of carbonyl (C=O) groups excluding carboxylic acids is 1. The van der Waals surface area contributed by atoms with Crippen molar-refractivity contribution in [1.29, 1.82) is 0 Å². The zero-order chi connectivity index (χ0) is 13.8. The highest BCUT2D eigenvalue weighted by Crippen LogP contribution is 2.17. The maximum atomic E-state index is 12.0. The Hall–Kier alpha value is -1.07. The number of amides is 1. The minimum atomic E-state index is -3.80. The van der Waals surface area contributed by atoms with Gasteiger partial charge in [0.05, 0.1) is 4.90 Å². The first-order valence-corrected chi connectivity index (χ1v) is 7.97. The molecule has 1 aromatic carbocycles. The highest BCUT2D eigenvalue weighted by molar-refractivity contribution is 8.13. The van der Waals surface area contributed by atoms with Crippen molar-refractivity contribution in [2.75, 3.05) is 13.6 Å². The lowest BCUT2D eigenvalue weighted by Gasteiger charge is -2.16. The fourth-order valence-electron chi connectivity index (χ4n) is 1.50. The van der Waals surface area contributed by atoms with Crippen LogP contribution in [0.5, 0.6) is 0 Å². The van der Waals surface area contributed by atoms with Crippen LogP contribution in [0.2, 0.25) is 0 Å². The van der Waals surface area contributed by atoms with E-state index < -0.39 is 9.05 Å². The monoisotopic (exact) mass is 289 g/mol. The highest BCUT2D eigenvalue weighted by Gasteiger charge is 2.15. The van der Waals surface area contributed by atoms with Crippen LogP contribution in [0.1, 0.15) is 30.1 Å². The molecule has 1 rings (SSSR count). The lowest BCUT2D eigenvalue weighted by molar-refractivity contribution is 0.0793. The Morgan fingerprint density at radius 2 is 2.06 bits per heavy atom. The van der Waals surface area contributed by atoms with Crippen molar-refractivity contribution in [1.82, 2.24) is 4.90 Å². The zero-order valence-corrected chi connectivity index (χ0v) is 12.0. The molecular weight excluding hydrogens is 274 g/mol. The average Bonchev–Trinajstić information content (AvgIpc) is 2.34. The Kier molecular flexibility index (Phi) is 5.16. The molecule has 1 amide bonds. The molecule has 4 nitrogen and oxygen atoms in total. The lowest BCUT2D eigenvalue weighted by atomic mass is 10.2. The molecule has 0 aliphatic carbocycles. The third-order valence-corrected chi connectivity index (χ3v) is 3.91. The quantitative estimate of drug-likeness (QED) is 0.783. The fraction of sp³-hybridized carbons (Fsp3) is 0.417. The number of hydrogen-bond acceptors (Lipinski definition) is 3. The molecule has 0 heterocycles. The summed E-state index contributed by atoms with van der Waals surface area (Å²) in [6.45, 7) is 2.69. The number of nitrogens with zero attached hydrogens (tertiary/aromatic N) is 1. The largest absolute Gasteiger partial charge is 0.342 e. The molecular formula is C12H16ClNO3S. The molecule has 6 heteroatoms. The first kappa shape index (κ1) is 15.0. The molecule has 100 valence electrons. The van der Waals surface area contributed by atoms with Crippen molar-refractivity contribution < 1.29 is 13.2 Å². The van der Waals surface area contributed by atoms with E-state index in [9.17, 15) is 13.2 Å². The van der Waals surface area contributed by atoms with E-state index in [1.54, 1.807) is 18.0 Å². The molecule has 0 atom stereocenters. The molecule has 0 fully saturated rings. The summed E-state index contributed by atoms with van der Waals surface area (Å²) in [6, 6.07) is 5.75. The maximum absolute atomic E-state index is 12.0. The number of halogens is 1. The molecule has 0 aliphatic rings. The molecule has 0 radical (unpaired) electrons. The van der Waals surface area contributed by atoms with E-state index in [1.165, 1.54) is 18.2 Å². The van der Waals surface area contributed by atoms with E-state index in [-0.39, 0.29) is 10.8 Å². The van der Waals surface area contributed by atoms with E-state index in [4.69, 9.17) is 10.7 Å². The summed E-state index contributed by atoms with van der Waals surface area (Å²) < 4.78 is 22.4. The zero-order valence-electron chi connectivity index (χ0n) is 10.4. The van der Waals surface area contributed by atoms with Gasteiger partial charge in [0, 0.05) is 29.8 Å². The van der Waals surface area contributed by atoms with Crippen molar-refractivity contribution in [3.05, 3.63) is 29.8 Å². The van der Waals surface area contributed by atoms with Gasteiger partial charge in [-0.2, -0.15) is 0 Å². The first-order valence-electron chi connectivity index (χ1n) is 5.66. The van der Waals surface area contributed by atoms with Crippen LogP contribution in [0.3, 0.4) is 0 Å². The van der Waals surface area contributed by atoms with Crippen LogP contribution in [-0.2, 0) is 9.05 Å². The van der Waals surface area contributed by atoms with Crippen LogP contribution in [0, 0.1) is 0 Å². The van der Waals surface area contributed by atoms with E-state index in [0.29, 0.717) is 12.1 Å². The summed E-state index contributed by atoms with van der Waals surface area (Å²) in [7, 11) is 3.14. The third kappa shape index (κ3) is 3.99. The van der Waals surface area contributed by atoms with E-state index in [1.807, 2.05) is 6.92 Å². The van der Waals surface area contributed by atoms with Crippen LogP contribution in [-0.4, -0.2) is 32.8 Å². The fourth-order valence-corrected chi connectivity index (χ4v) is 2.29. The predicted octanol–water partition coefficient (Wildman–Crippen LogP) is 2.49. The van der Waals surface area contributed by atoms with Gasteiger partial charge in [0.1, 0.15) is 0 Å². The van der Waals surface area contributed by atoms with Crippen LogP contribution in [0.25, 0.3) is 0 Å². The van der Waals surface area contributed by atoms with E-state index in [2.05, 4.69) is 0 Å².